The van der Waals surface area contributed by atoms with Gasteiger partial charge in [-0.3, -0.25) is 9.69 Å². The molecule has 5 rings (SSSR count). The van der Waals surface area contributed by atoms with Crippen molar-refractivity contribution in [1.82, 2.24) is 9.80 Å². The minimum absolute atomic E-state index is 0.0000328. The molecular formula is C25H26ClN3O2. The maximum absolute atomic E-state index is 11.9. The largest absolute Gasteiger partial charge is 0.469 e. The number of nitrogens with one attached hydrogen (secondary N) is 1. The number of nitrogens with zero attached hydrogens (tertiary/aromatic N) is 2. The van der Waals surface area contributed by atoms with Crippen molar-refractivity contribution in [3.63, 3.8) is 0 Å². The van der Waals surface area contributed by atoms with Crippen LogP contribution in [0.5, 0.6) is 5.75 Å². The second-order valence-corrected chi connectivity index (χ2v) is 9.01. The highest BCUT2D eigenvalue weighted by Gasteiger charge is 2.40. The molecule has 0 bridgehead atoms. The summed E-state index contributed by atoms with van der Waals surface area (Å²) < 4.78 is 6.76. The lowest BCUT2D eigenvalue weighted by molar-refractivity contribution is -0.115. The Morgan fingerprint density at radius 1 is 1.00 bits per heavy atom. The van der Waals surface area contributed by atoms with Crippen molar-refractivity contribution in [1.29, 1.82) is 0 Å². The van der Waals surface area contributed by atoms with E-state index in [4.69, 9.17) is 16.3 Å². The van der Waals surface area contributed by atoms with E-state index in [0.717, 1.165) is 54.1 Å². The molecule has 0 aromatic heterocycles. The van der Waals surface area contributed by atoms with E-state index in [-0.39, 0.29) is 5.91 Å². The van der Waals surface area contributed by atoms with E-state index < -0.39 is 5.72 Å². The van der Waals surface area contributed by atoms with Crippen molar-refractivity contribution in [2.45, 2.75) is 19.1 Å². The van der Waals surface area contributed by atoms with Gasteiger partial charge in [0.15, 0.2) is 5.72 Å². The van der Waals surface area contributed by atoms with Gasteiger partial charge in [0.1, 0.15) is 5.75 Å². The van der Waals surface area contributed by atoms with Crippen LogP contribution in [0.4, 0.5) is 5.69 Å². The van der Waals surface area contributed by atoms with Gasteiger partial charge in [-0.1, -0.05) is 41.9 Å². The Labute approximate surface area is 187 Å². The number of piperazine rings is 1. The summed E-state index contributed by atoms with van der Waals surface area (Å²) in [6.07, 6.45) is 0.369. The average Bonchev–Trinajstić information content (AvgIpc) is 3.12. The van der Waals surface area contributed by atoms with Gasteiger partial charge in [-0.05, 0) is 54.6 Å². The molecule has 2 heterocycles. The van der Waals surface area contributed by atoms with Crippen LogP contribution in [0, 0.1) is 0 Å². The summed E-state index contributed by atoms with van der Waals surface area (Å²) in [6, 6.07) is 18.3. The number of halogens is 1. The van der Waals surface area contributed by atoms with E-state index in [1.54, 1.807) is 0 Å². The van der Waals surface area contributed by atoms with E-state index in [0.29, 0.717) is 11.4 Å². The summed E-state index contributed by atoms with van der Waals surface area (Å²) in [6.45, 7) is 5.74. The first kappa shape index (κ1) is 20.3. The first-order chi connectivity index (χ1) is 14.9. The lowest BCUT2D eigenvalue weighted by atomic mass is 9.97. The number of carbonyl (C=O) groups excluding carboxylic acids is 1. The number of benzene rings is 3. The minimum Gasteiger partial charge on any atom is -0.469 e. The SMILES string of the molecule is CN1CCN(C(C)(Oc2ccc3ccccc3c2)c2cc3c(cc2Cl)NC(=O)C3)CC1. The first-order valence-electron chi connectivity index (χ1n) is 10.7. The molecule has 6 heteroatoms. The Kier molecular flexibility index (Phi) is 5.13. The fraction of sp³-hybridized carbons (Fsp3) is 0.320. The lowest BCUT2D eigenvalue weighted by Crippen LogP contribution is -2.56. The molecule has 0 radical (unpaired) electrons. The van der Waals surface area contributed by atoms with Gasteiger partial charge in [0.05, 0.1) is 11.4 Å². The molecule has 31 heavy (non-hydrogen) atoms. The van der Waals surface area contributed by atoms with Crippen LogP contribution in [0.1, 0.15) is 18.1 Å². The van der Waals surface area contributed by atoms with E-state index in [2.05, 4.69) is 53.4 Å². The number of likely N-dealkylation sites (N-methyl/N-ethyl adjacent to an activating group) is 1. The van der Waals surface area contributed by atoms with Crippen LogP contribution in [-0.2, 0) is 16.9 Å². The lowest BCUT2D eigenvalue weighted by Gasteiger charge is -2.45. The third kappa shape index (κ3) is 3.78. The third-order valence-corrected chi connectivity index (χ3v) is 6.77. The molecule has 1 amide bonds. The molecule has 1 atom stereocenters. The van der Waals surface area contributed by atoms with E-state index in [9.17, 15) is 4.79 Å². The van der Waals surface area contributed by atoms with Crippen molar-refractivity contribution < 1.29 is 9.53 Å². The van der Waals surface area contributed by atoms with Crippen molar-refractivity contribution >= 4 is 34.0 Å². The summed E-state index contributed by atoms with van der Waals surface area (Å²) in [5.41, 5.74) is 1.89. The molecule has 2 aliphatic heterocycles. The molecule has 0 aliphatic carbocycles. The van der Waals surface area contributed by atoms with Crippen LogP contribution in [-0.4, -0.2) is 48.9 Å². The fourth-order valence-electron chi connectivity index (χ4n) is 4.59. The first-order valence-corrected chi connectivity index (χ1v) is 11.0. The van der Waals surface area contributed by atoms with Gasteiger partial charge in [-0.25, -0.2) is 0 Å². The predicted molar refractivity (Wildman–Crippen MR) is 125 cm³/mol. The van der Waals surface area contributed by atoms with Gasteiger partial charge in [-0.2, -0.15) is 0 Å². The normalized spacial score (nSPS) is 19.1. The summed E-state index contributed by atoms with van der Waals surface area (Å²) in [4.78, 5) is 16.6. The molecular weight excluding hydrogens is 410 g/mol. The number of hydrogen-bond donors (Lipinski definition) is 1. The number of carbonyl (C=O) groups is 1. The average molecular weight is 436 g/mol. The van der Waals surface area contributed by atoms with Gasteiger partial charge >= 0.3 is 0 Å². The second-order valence-electron chi connectivity index (χ2n) is 8.60. The maximum atomic E-state index is 11.9. The molecule has 1 N–H and O–H groups in total. The number of hydrogen-bond acceptors (Lipinski definition) is 4. The van der Waals surface area contributed by atoms with Crippen LogP contribution in [0.2, 0.25) is 5.02 Å². The van der Waals surface area contributed by atoms with Gasteiger partial charge < -0.3 is 15.0 Å². The van der Waals surface area contributed by atoms with Gasteiger partial charge in [-0.15, -0.1) is 0 Å². The Bertz CT molecular complexity index is 1160. The highest BCUT2D eigenvalue weighted by Crippen LogP contribution is 2.40. The highest BCUT2D eigenvalue weighted by atomic mass is 35.5. The van der Waals surface area contributed by atoms with Crippen LogP contribution in [0.3, 0.4) is 0 Å². The van der Waals surface area contributed by atoms with E-state index in [1.807, 2.05) is 30.3 Å². The molecule has 160 valence electrons. The molecule has 1 fully saturated rings. The summed E-state index contributed by atoms with van der Waals surface area (Å²) in [5.74, 6) is 0.797. The van der Waals surface area contributed by atoms with Crippen LogP contribution >= 0.6 is 11.6 Å². The molecule has 0 saturated carbocycles. The third-order valence-electron chi connectivity index (χ3n) is 6.46. The maximum Gasteiger partial charge on any atom is 0.228 e. The van der Waals surface area contributed by atoms with Crippen molar-refractivity contribution in [3.8, 4) is 5.75 Å². The molecule has 5 nitrogen and oxygen atoms in total. The molecule has 1 unspecified atom stereocenters. The number of ether oxygens (including phenoxy) is 1. The zero-order chi connectivity index (χ0) is 21.6. The quantitative estimate of drug-likeness (QED) is 0.656. The van der Waals surface area contributed by atoms with Crippen molar-refractivity contribution in [3.05, 3.63) is 70.7 Å². The van der Waals surface area contributed by atoms with Crippen LogP contribution in [0.15, 0.2) is 54.6 Å². The summed E-state index contributed by atoms with van der Waals surface area (Å²) in [5, 5.41) is 5.80. The number of rotatable bonds is 4. The van der Waals surface area contributed by atoms with Crippen molar-refractivity contribution in [2.75, 3.05) is 38.5 Å². The van der Waals surface area contributed by atoms with Crippen LogP contribution in [0.25, 0.3) is 10.8 Å². The molecule has 1 saturated heterocycles. The smallest absolute Gasteiger partial charge is 0.228 e. The number of fused-ring (bicyclic) bond motifs is 2. The monoisotopic (exact) mass is 435 g/mol. The molecule has 3 aromatic carbocycles. The molecule has 0 spiro atoms. The summed E-state index contributed by atoms with van der Waals surface area (Å²) >= 11 is 6.78. The molecule has 3 aromatic rings. The Hall–Kier alpha value is -2.60. The zero-order valence-electron chi connectivity index (χ0n) is 17.8. The number of anilines is 1. The van der Waals surface area contributed by atoms with Gasteiger partial charge in [0.25, 0.3) is 0 Å². The zero-order valence-corrected chi connectivity index (χ0v) is 18.6. The van der Waals surface area contributed by atoms with Gasteiger partial charge in [0, 0.05) is 37.4 Å². The van der Waals surface area contributed by atoms with E-state index in [1.165, 1.54) is 5.39 Å². The Morgan fingerprint density at radius 3 is 2.52 bits per heavy atom. The standard InChI is InChI=1S/C25H26ClN3O2/c1-25(29-11-9-28(2)10-12-29,21-14-19-15-24(30)27-23(19)16-22(21)26)31-20-8-7-17-5-3-4-6-18(17)13-20/h3-8,13-14,16H,9-12,15H2,1-2H3,(H,27,30). The fourth-order valence-corrected chi connectivity index (χ4v) is 4.93. The highest BCUT2D eigenvalue weighted by molar-refractivity contribution is 6.32. The van der Waals surface area contributed by atoms with Gasteiger partial charge in [0.2, 0.25) is 5.91 Å². The van der Waals surface area contributed by atoms with E-state index >= 15 is 0 Å². The molecule has 2 aliphatic rings. The predicted octanol–water partition coefficient (Wildman–Crippen LogP) is 4.49. The van der Waals surface area contributed by atoms with Crippen molar-refractivity contribution in [2.24, 2.45) is 0 Å². The summed E-state index contributed by atoms with van der Waals surface area (Å²) in [7, 11) is 2.14. The number of amides is 1. The Morgan fingerprint density at radius 2 is 1.74 bits per heavy atom. The Balaban J connectivity index is 1.58. The minimum atomic E-state index is -0.762. The second kappa shape index (κ2) is 7.83. The van der Waals surface area contributed by atoms with Crippen LogP contribution < -0.4 is 10.1 Å². The topological polar surface area (TPSA) is 44.8 Å².